The maximum absolute atomic E-state index is 12.8. The van der Waals surface area contributed by atoms with Crippen molar-refractivity contribution in [2.45, 2.75) is 13.0 Å². The Hall–Kier alpha value is -2.89. The predicted molar refractivity (Wildman–Crippen MR) is 82.5 cm³/mol. The molecule has 2 aromatic rings. The van der Waals surface area contributed by atoms with Gasteiger partial charge in [0.25, 0.3) is 5.91 Å². The molecule has 0 aliphatic heterocycles. The van der Waals surface area contributed by atoms with Gasteiger partial charge in [-0.15, -0.1) is 0 Å². The number of amides is 1. The van der Waals surface area contributed by atoms with Gasteiger partial charge in [-0.05, 0) is 43.3 Å². The molecule has 2 rings (SSSR count). The molecule has 0 aliphatic rings. The third kappa shape index (κ3) is 5.43. The van der Waals surface area contributed by atoms with Crippen LogP contribution in [0.2, 0.25) is 0 Å². The van der Waals surface area contributed by atoms with Crippen molar-refractivity contribution < 1.29 is 23.5 Å². The SMILES string of the molecule is C[C@H](Oc1ccc(F)cc1)C(=O)OCC(=O)Nc1ccccc1. The lowest BCUT2D eigenvalue weighted by Crippen LogP contribution is -2.29. The van der Waals surface area contributed by atoms with Crippen LogP contribution >= 0.6 is 0 Å². The van der Waals surface area contributed by atoms with E-state index >= 15 is 0 Å². The number of carbonyl (C=O) groups excluding carboxylic acids is 2. The number of halogens is 1. The number of hydrogen-bond acceptors (Lipinski definition) is 4. The first-order chi connectivity index (χ1) is 11.0. The number of ether oxygens (including phenoxy) is 2. The standard InChI is InChI=1S/C17H16FNO4/c1-12(23-15-9-7-13(18)8-10-15)17(21)22-11-16(20)19-14-5-3-2-4-6-14/h2-10,12H,11H2,1H3,(H,19,20)/t12-/m0/s1. The molecule has 1 amide bonds. The molecule has 2 aromatic carbocycles. The Balaban J connectivity index is 1.77. The molecule has 120 valence electrons. The topological polar surface area (TPSA) is 64.6 Å². The van der Waals surface area contributed by atoms with Gasteiger partial charge in [-0.2, -0.15) is 0 Å². The summed E-state index contributed by atoms with van der Waals surface area (Å²) < 4.78 is 23.0. The van der Waals surface area contributed by atoms with Crippen LogP contribution < -0.4 is 10.1 Å². The smallest absolute Gasteiger partial charge is 0.347 e. The highest BCUT2D eigenvalue weighted by Crippen LogP contribution is 2.13. The maximum Gasteiger partial charge on any atom is 0.347 e. The molecular formula is C17H16FNO4. The number of esters is 1. The lowest BCUT2D eigenvalue weighted by atomic mass is 10.3. The van der Waals surface area contributed by atoms with Crippen molar-refractivity contribution in [3.05, 3.63) is 60.4 Å². The summed E-state index contributed by atoms with van der Waals surface area (Å²) in [4.78, 5) is 23.4. The molecule has 1 atom stereocenters. The number of anilines is 1. The Morgan fingerprint density at radius 1 is 1.09 bits per heavy atom. The average Bonchev–Trinajstić information content (AvgIpc) is 2.55. The minimum absolute atomic E-state index is 0.338. The van der Waals surface area contributed by atoms with Crippen molar-refractivity contribution in [3.8, 4) is 5.75 Å². The van der Waals surface area contributed by atoms with Crippen LogP contribution in [-0.2, 0) is 14.3 Å². The zero-order valence-electron chi connectivity index (χ0n) is 12.5. The van der Waals surface area contributed by atoms with E-state index in [9.17, 15) is 14.0 Å². The fourth-order valence-corrected chi connectivity index (χ4v) is 1.74. The van der Waals surface area contributed by atoms with E-state index in [4.69, 9.17) is 9.47 Å². The van der Waals surface area contributed by atoms with Crippen LogP contribution in [0.5, 0.6) is 5.75 Å². The molecule has 0 spiro atoms. The first-order valence-corrected chi connectivity index (χ1v) is 6.98. The Morgan fingerprint density at radius 2 is 1.74 bits per heavy atom. The average molecular weight is 317 g/mol. The van der Waals surface area contributed by atoms with Gasteiger partial charge in [-0.3, -0.25) is 4.79 Å². The van der Waals surface area contributed by atoms with E-state index < -0.39 is 30.4 Å². The summed E-state index contributed by atoms with van der Waals surface area (Å²) in [6.07, 6.45) is -0.912. The molecule has 0 bridgehead atoms. The summed E-state index contributed by atoms with van der Waals surface area (Å²) in [7, 11) is 0. The molecule has 0 saturated carbocycles. The molecule has 6 heteroatoms. The van der Waals surface area contributed by atoms with Gasteiger partial charge in [0.1, 0.15) is 11.6 Å². The largest absolute Gasteiger partial charge is 0.479 e. The normalized spacial score (nSPS) is 11.4. The van der Waals surface area contributed by atoms with E-state index in [1.807, 2.05) is 6.07 Å². The summed E-state index contributed by atoms with van der Waals surface area (Å²) in [6.45, 7) is 1.08. The Bertz CT molecular complexity index is 658. The zero-order valence-corrected chi connectivity index (χ0v) is 12.5. The Kier molecular flexibility index (Phi) is 5.68. The van der Waals surface area contributed by atoms with Crippen molar-refractivity contribution >= 4 is 17.6 Å². The summed E-state index contributed by atoms with van der Waals surface area (Å²) in [5.74, 6) is -1.19. The first-order valence-electron chi connectivity index (χ1n) is 6.98. The van der Waals surface area contributed by atoms with Crippen LogP contribution in [0, 0.1) is 5.82 Å². The van der Waals surface area contributed by atoms with Gasteiger partial charge in [0.05, 0.1) is 0 Å². The van der Waals surface area contributed by atoms with Gasteiger partial charge in [0, 0.05) is 5.69 Å². The summed E-state index contributed by atoms with van der Waals surface area (Å²) in [5.41, 5.74) is 0.615. The molecule has 0 saturated heterocycles. The van der Waals surface area contributed by atoms with E-state index in [1.54, 1.807) is 24.3 Å². The molecule has 0 radical (unpaired) electrons. The third-order valence-corrected chi connectivity index (χ3v) is 2.86. The third-order valence-electron chi connectivity index (χ3n) is 2.86. The fourth-order valence-electron chi connectivity index (χ4n) is 1.74. The van der Waals surface area contributed by atoms with Crippen LogP contribution in [0.1, 0.15) is 6.92 Å². The molecule has 0 unspecified atom stereocenters. The lowest BCUT2D eigenvalue weighted by molar-refractivity contribution is -0.153. The van der Waals surface area contributed by atoms with Crippen molar-refractivity contribution in [1.29, 1.82) is 0 Å². The second-order valence-electron chi connectivity index (χ2n) is 4.74. The number of carbonyl (C=O) groups is 2. The number of rotatable bonds is 6. The quantitative estimate of drug-likeness (QED) is 0.832. The van der Waals surface area contributed by atoms with Gasteiger partial charge in [-0.1, -0.05) is 18.2 Å². The second-order valence-corrected chi connectivity index (χ2v) is 4.74. The highest BCUT2D eigenvalue weighted by atomic mass is 19.1. The molecule has 0 aliphatic carbocycles. The molecule has 1 N–H and O–H groups in total. The number of para-hydroxylation sites is 1. The maximum atomic E-state index is 12.8. The molecule has 5 nitrogen and oxygen atoms in total. The summed E-state index contributed by atoms with van der Waals surface area (Å²) in [6, 6.07) is 14.1. The molecule has 0 fully saturated rings. The summed E-state index contributed by atoms with van der Waals surface area (Å²) in [5, 5.41) is 2.59. The monoisotopic (exact) mass is 317 g/mol. The van der Waals surface area contributed by atoms with Crippen molar-refractivity contribution in [1.82, 2.24) is 0 Å². The van der Waals surface area contributed by atoms with Gasteiger partial charge >= 0.3 is 5.97 Å². The summed E-state index contributed by atoms with van der Waals surface area (Å²) >= 11 is 0. The van der Waals surface area contributed by atoms with Crippen LogP contribution in [0.15, 0.2) is 54.6 Å². The van der Waals surface area contributed by atoms with Crippen molar-refractivity contribution in [2.24, 2.45) is 0 Å². The zero-order chi connectivity index (χ0) is 16.7. The van der Waals surface area contributed by atoms with Crippen molar-refractivity contribution in [3.63, 3.8) is 0 Å². The van der Waals surface area contributed by atoms with Gasteiger partial charge < -0.3 is 14.8 Å². The van der Waals surface area contributed by atoms with E-state index in [0.717, 1.165) is 0 Å². The van der Waals surface area contributed by atoms with Crippen LogP contribution in [0.4, 0.5) is 10.1 Å². The first kappa shape index (κ1) is 16.5. The molecule has 0 aromatic heterocycles. The minimum Gasteiger partial charge on any atom is -0.479 e. The second kappa shape index (κ2) is 7.93. The van der Waals surface area contributed by atoms with Crippen molar-refractivity contribution in [2.75, 3.05) is 11.9 Å². The van der Waals surface area contributed by atoms with E-state index in [-0.39, 0.29) is 0 Å². The van der Waals surface area contributed by atoms with Crippen LogP contribution in [0.3, 0.4) is 0 Å². The molecule has 0 heterocycles. The van der Waals surface area contributed by atoms with Gasteiger partial charge in [0.2, 0.25) is 0 Å². The lowest BCUT2D eigenvalue weighted by Gasteiger charge is -2.14. The highest BCUT2D eigenvalue weighted by Gasteiger charge is 2.17. The van der Waals surface area contributed by atoms with Crippen LogP contribution in [0.25, 0.3) is 0 Å². The fraction of sp³-hybridized carbons (Fsp3) is 0.176. The van der Waals surface area contributed by atoms with E-state index in [0.29, 0.717) is 11.4 Å². The number of nitrogens with one attached hydrogen (secondary N) is 1. The van der Waals surface area contributed by atoms with E-state index in [2.05, 4.69) is 5.32 Å². The van der Waals surface area contributed by atoms with Gasteiger partial charge in [0.15, 0.2) is 12.7 Å². The number of benzene rings is 2. The number of hydrogen-bond donors (Lipinski definition) is 1. The highest BCUT2D eigenvalue weighted by molar-refractivity contribution is 5.93. The molecule has 23 heavy (non-hydrogen) atoms. The minimum atomic E-state index is -0.912. The molecular weight excluding hydrogens is 301 g/mol. The van der Waals surface area contributed by atoms with Crippen LogP contribution in [-0.4, -0.2) is 24.6 Å². The van der Waals surface area contributed by atoms with E-state index in [1.165, 1.54) is 31.2 Å². The Labute approximate surface area is 133 Å². The Morgan fingerprint density at radius 3 is 2.39 bits per heavy atom. The predicted octanol–water partition coefficient (Wildman–Crippen LogP) is 2.77. The van der Waals surface area contributed by atoms with Gasteiger partial charge in [-0.25, -0.2) is 9.18 Å².